The van der Waals surface area contributed by atoms with Gasteiger partial charge >= 0.3 is 5.97 Å². The van der Waals surface area contributed by atoms with Crippen LogP contribution in [0.25, 0.3) is 11.1 Å². The number of imidazole rings is 1. The molecule has 0 atom stereocenters. The van der Waals surface area contributed by atoms with E-state index >= 15 is 0 Å². The van der Waals surface area contributed by atoms with Crippen molar-refractivity contribution in [2.75, 3.05) is 17.2 Å². The van der Waals surface area contributed by atoms with Gasteiger partial charge in [0.05, 0.1) is 22.6 Å². The monoisotopic (exact) mass is 453 g/mol. The van der Waals surface area contributed by atoms with Gasteiger partial charge in [0.2, 0.25) is 5.95 Å². The number of aromatic carboxylic acids is 1. The molecule has 0 radical (unpaired) electrons. The van der Waals surface area contributed by atoms with E-state index in [2.05, 4.69) is 35.6 Å². The minimum atomic E-state index is -1.08. The predicted molar refractivity (Wildman–Crippen MR) is 118 cm³/mol. The Balaban J connectivity index is 1.64. The van der Waals surface area contributed by atoms with Crippen molar-refractivity contribution >= 4 is 35.0 Å². The number of hydrogen-bond donors (Lipinski definition) is 4. The summed E-state index contributed by atoms with van der Waals surface area (Å²) in [4.78, 5) is 31.3. The number of carbonyl (C=O) groups is 1. The molecule has 3 aromatic heterocycles. The molecule has 0 spiro atoms. The van der Waals surface area contributed by atoms with E-state index in [1.807, 2.05) is 0 Å². The van der Waals surface area contributed by atoms with E-state index < -0.39 is 11.8 Å². The van der Waals surface area contributed by atoms with Crippen LogP contribution in [0.2, 0.25) is 5.02 Å². The Kier molecular flexibility index (Phi) is 6.22. The average molecular weight is 454 g/mol. The molecule has 0 amide bonds. The van der Waals surface area contributed by atoms with Crippen molar-refractivity contribution in [1.29, 1.82) is 0 Å². The third-order valence-electron chi connectivity index (χ3n) is 4.49. The minimum Gasteiger partial charge on any atom is -0.478 e. The van der Waals surface area contributed by atoms with Crippen LogP contribution in [0.1, 0.15) is 16.1 Å². The zero-order chi connectivity index (χ0) is 22.5. The van der Waals surface area contributed by atoms with Gasteiger partial charge in [-0.05, 0) is 24.3 Å². The number of H-pyrrole nitrogens is 1. The van der Waals surface area contributed by atoms with Gasteiger partial charge in [-0.15, -0.1) is 0 Å². The van der Waals surface area contributed by atoms with Crippen molar-refractivity contribution in [1.82, 2.24) is 24.9 Å². The summed E-state index contributed by atoms with van der Waals surface area (Å²) in [5.74, 6) is -0.892. The highest BCUT2D eigenvalue weighted by atomic mass is 35.5. The highest BCUT2D eigenvalue weighted by Crippen LogP contribution is 2.28. The Morgan fingerprint density at radius 1 is 1.19 bits per heavy atom. The van der Waals surface area contributed by atoms with Crippen LogP contribution in [0.4, 0.5) is 21.8 Å². The Hall–Kier alpha value is -4.05. The number of aromatic nitrogens is 5. The first-order chi connectivity index (χ1) is 15.5. The highest BCUT2D eigenvalue weighted by Gasteiger charge is 2.13. The molecule has 0 saturated carbocycles. The number of carboxylic acid groups (broad SMARTS) is 1. The molecule has 162 valence electrons. The molecular formula is C21H17ClFN7O2. The number of anilines is 3. The lowest BCUT2D eigenvalue weighted by molar-refractivity contribution is 0.0696. The lowest BCUT2D eigenvalue weighted by atomic mass is 10.1. The Labute approximate surface area is 186 Å². The van der Waals surface area contributed by atoms with Gasteiger partial charge in [-0.3, -0.25) is 4.98 Å². The van der Waals surface area contributed by atoms with Crippen LogP contribution in [0.3, 0.4) is 0 Å². The molecule has 0 aliphatic heterocycles. The van der Waals surface area contributed by atoms with Crippen LogP contribution in [-0.4, -0.2) is 42.5 Å². The van der Waals surface area contributed by atoms with Gasteiger partial charge in [0.1, 0.15) is 11.6 Å². The summed E-state index contributed by atoms with van der Waals surface area (Å²) < 4.78 is 13.4. The maximum atomic E-state index is 13.4. The second kappa shape index (κ2) is 9.40. The summed E-state index contributed by atoms with van der Waals surface area (Å²) in [5.41, 5.74) is 2.56. The summed E-state index contributed by atoms with van der Waals surface area (Å²) >= 11 is 5.84. The molecule has 0 fully saturated rings. The molecule has 32 heavy (non-hydrogen) atoms. The molecule has 0 bridgehead atoms. The van der Waals surface area contributed by atoms with Gasteiger partial charge in [0.15, 0.2) is 0 Å². The summed E-state index contributed by atoms with van der Waals surface area (Å²) in [6, 6.07) is 5.69. The van der Waals surface area contributed by atoms with Gasteiger partial charge in [-0.1, -0.05) is 11.6 Å². The molecule has 9 nitrogen and oxygen atoms in total. The van der Waals surface area contributed by atoms with Crippen LogP contribution < -0.4 is 10.6 Å². The van der Waals surface area contributed by atoms with Crippen molar-refractivity contribution in [3.8, 4) is 11.1 Å². The van der Waals surface area contributed by atoms with Crippen molar-refractivity contribution in [2.45, 2.75) is 6.42 Å². The van der Waals surface area contributed by atoms with Crippen molar-refractivity contribution in [3.05, 3.63) is 77.5 Å². The Morgan fingerprint density at radius 2 is 2.06 bits per heavy atom. The quantitative estimate of drug-likeness (QED) is 0.313. The molecule has 0 aliphatic carbocycles. The van der Waals surface area contributed by atoms with Crippen LogP contribution in [0.15, 0.2) is 55.4 Å². The van der Waals surface area contributed by atoms with Crippen molar-refractivity contribution in [2.24, 2.45) is 0 Å². The van der Waals surface area contributed by atoms with Crippen LogP contribution >= 0.6 is 11.6 Å². The second-order valence-corrected chi connectivity index (χ2v) is 7.12. The summed E-state index contributed by atoms with van der Waals surface area (Å²) in [5, 5.41) is 15.5. The number of halogens is 2. The fraction of sp³-hybridized carbons (Fsp3) is 0.0952. The first-order valence-corrected chi connectivity index (χ1v) is 9.87. The molecule has 0 unspecified atom stereocenters. The zero-order valence-electron chi connectivity index (χ0n) is 16.5. The van der Waals surface area contributed by atoms with Gasteiger partial charge < -0.3 is 20.7 Å². The number of rotatable bonds is 8. The van der Waals surface area contributed by atoms with E-state index in [4.69, 9.17) is 11.6 Å². The first kappa shape index (κ1) is 21.2. The highest BCUT2D eigenvalue weighted by molar-refractivity contribution is 6.31. The van der Waals surface area contributed by atoms with E-state index in [-0.39, 0.29) is 16.5 Å². The molecule has 3 heterocycles. The molecule has 1 aromatic carbocycles. The van der Waals surface area contributed by atoms with Crippen molar-refractivity contribution in [3.63, 3.8) is 0 Å². The van der Waals surface area contributed by atoms with Crippen LogP contribution in [-0.2, 0) is 6.42 Å². The third kappa shape index (κ3) is 4.98. The number of hydrogen-bond acceptors (Lipinski definition) is 7. The maximum absolute atomic E-state index is 13.4. The van der Waals surface area contributed by atoms with E-state index in [9.17, 15) is 14.3 Å². The number of nitrogens with one attached hydrogen (secondary N) is 3. The van der Waals surface area contributed by atoms with Crippen molar-refractivity contribution < 1.29 is 14.3 Å². The summed E-state index contributed by atoms with van der Waals surface area (Å²) in [6.07, 6.45) is 8.40. The number of carboxylic acids is 1. The van der Waals surface area contributed by atoms with Gasteiger partial charge in [0.25, 0.3) is 0 Å². The lowest BCUT2D eigenvalue weighted by Crippen LogP contribution is -2.10. The number of pyridine rings is 1. The predicted octanol–water partition coefficient (Wildman–Crippen LogP) is 4.15. The van der Waals surface area contributed by atoms with Crippen LogP contribution in [0.5, 0.6) is 0 Å². The molecule has 4 aromatic rings. The molecule has 11 heteroatoms. The first-order valence-electron chi connectivity index (χ1n) is 9.49. The van der Waals surface area contributed by atoms with Crippen LogP contribution in [0, 0.1) is 5.82 Å². The standard InChI is InChI=1S/C21H17ClFN7O2/c22-17-6-14(1-2-18(17)23)29-21-27-10-16(12-5-13(20(31)32)8-24-7-12)19(30-21)26-4-3-15-9-25-11-28-15/h1-2,5-11H,3-4H2,(H,25,28)(H,31,32)(H2,26,27,29,30). The zero-order valence-corrected chi connectivity index (χ0v) is 17.3. The second-order valence-electron chi connectivity index (χ2n) is 6.71. The smallest absolute Gasteiger partial charge is 0.337 e. The molecule has 0 aliphatic rings. The SMILES string of the molecule is O=C(O)c1cncc(-c2cnc(Nc3ccc(F)c(Cl)c3)nc2NCCc2c[nH]cn2)c1. The van der Waals surface area contributed by atoms with Gasteiger partial charge in [-0.25, -0.2) is 19.2 Å². The molecule has 4 N–H and O–H groups in total. The molecule has 4 rings (SSSR count). The number of benzene rings is 1. The lowest BCUT2D eigenvalue weighted by Gasteiger charge is -2.13. The number of nitrogens with zero attached hydrogens (tertiary/aromatic N) is 4. The number of aromatic amines is 1. The Bertz CT molecular complexity index is 1250. The minimum absolute atomic E-state index is 0.0273. The van der Waals surface area contributed by atoms with E-state index in [0.29, 0.717) is 35.6 Å². The largest absolute Gasteiger partial charge is 0.478 e. The normalized spacial score (nSPS) is 10.7. The van der Waals surface area contributed by atoms with Gasteiger partial charge in [-0.2, -0.15) is 4.98 Å². The fourth-order valence-corrected chi connectivity index (χ4v) is 3.11. The summed E-state index contributed by atoms with van der Waals surface area (Å²) in [6.45, 7) is 0.517. The fourth-order valence-electron chi connectivity index (χ4n) is 2.93. The van der Waals surface area contributed by atoms with E-state index in [0.717, 1.165) is 5.69 Å². The summed E-state index contributed by atoms with van der Waals surface area (Å²) in [7, 11) is 0. The Morgan fingerprint density at radius 3 is 2.81 bits per heavy atom. The van der Waals surface area contributed by atoms with Gasteiger partial charge in [0, 0.05) is 54.6 Å². The topological polar surface area (TPSA) is 129 Å². The maximum Gasteiger partial charge on any atom is 0.337 e. The average Bonchev–Trinajstić information content (AvgIpc) is 3.30. The van der Waals surface area contributed by atoms with E-state index in [1.165, 1.54) is 36.7 Å². The van der Waals surface area contributed by atoms with E-state index in [1.54, 1.807) is 18.7 Å². The molecule has 0 saturated heterocycles. The molecular weight excluding hydrogens is 437 g/mol. The third-order valence-corrected chi connectivity index (χ3v) is 4.78.